The van der Waals surface area contributed by atoms with E-state index in [1.54, 1.807) is 11.6 Å². The molecule has 1 N–H and O–H groups in total. The third-order valence-electron chi connectivity index (χ3n) is 4.05. The summed E-state index contributed by atoms with van der Waals surface area (Å²) < 4.78 is 7.48. The van der Waals surface area contributed by atoms with Gasteiger partial charge in [-0.05, 0) is 30.7 Å². The number of ether oxygens (including phenoxy) is 1. The molecule has 0 atom stereocenters. The maximum Gasteiger partial charge on any atom is 0.271 e. The highest BCUT2D eigenvalue weighted by atomic mass is 35.5. The number of aromatic nitrogens is 3. The molecule has 30 heavy (non-hydrogen) atoms. The number of non-ortho nitro benzene ring substituents is 1. The number of hydrogen-bond acceptors (Lipinski definition) is 7. The number of carbonyl (C=O) groups excluding carboxylic acids is 1. The smallest absolute Gasteiger partial charge is 0.271 e. The molecule has 1 heterocycles. The number of nitro benzene ring substituents is 1. The van der Waals surface area contributed by atoms with E-state index in [4.69, 9.17) is 16.3 Å². The molecule has 1 amide bonds. The molecule has 0 bridgehead atoms. The number of hydrogen-bond donors (Lipinski definition) is 1. The van der Waals surface area contributed by atoms with Gasteiger partial charge in [0.25, 0.3) is 5.69 Å². The van der Waals surface area contributed by atoms with E-state index in [-0.39, 0.29) is 34.7 Å². The monoisotopic (exact) mass is 447 g/mol. The maximum atomic E-state index is 12.2. The number of nitrogens with one attached hydrogen (secondary N) is 1. The summed E-state index contributed by atoms with van der Waals surface area (Å²) in [6.45, 7) is 2.22. The van der Waals surface area contributed by atoms with E-state index in [2.05, 4.69) is 15.5 Å². The molecule has 0 saturated heterocycles. The summed E-state index contributed by atoms with van der Waals surface area (Å²) in [6.07, 6.45) is 0. The van der Waals surface area contributed by atoms with Crippen LogP contribution in [0.4, 0.5) is 11.4 Å². The zero-order valence-corrected chi connectivity index (χ0v) is 17.7. The predicted molar refractivity (Wildman–Crippen MR) is 114 cm³/mol. The number of rotatable bonds is 8. The molecule has 0 aliphatic heterocycles. The van der Waals surface area contributed by atoms with Crippen LogP contribution in [-0.4, -0.2) is 31.3 Å². The van der Waals surface area contributed by atoms with E-state index < -0.39 is 4.92 Å². The lowest BCUT2D eigenvalue weighted by Gasteiger charge is -2.08. The van der Waals surface area contributed by atoms with Gasteiger partial charge in [0, 0.05) is 19.2 Å². The second-order valence-electron chi connectivity index (χ2n) is 6.32. The van der Waals surface area contributed by atoms with Gasteiger partial charge in [-0.1, -0.05) is 35.5 Å². The topological polar surface area (TPSA) is 112 Å². The van der Waals surface area contributed by atoms with Gasteiger partial charge < -0.3 is 14.6 Å². The van der Waals surface area contributed by atoms with Crippen molar-refractivity contribution in [2.75, 3.05) is 11.1 Å². The fourth-order valence-corrected chi connectivity index (χ4v) is 3.38. The number of nitrogens with zero attached hydrogens (tertiary/aromatic N) is 4. The van der Waals surface area contributed by atoms with Crippen LogP contribution in [0.15, 0.2) is 47.6 Å². The molecule has 0 fully saturated rings. The van der Waals surface area contributed by atoms with E-state index in [0.717, 1.165) is 11.3 Å². The first kappa shape index (κ1) is 21.6. The molecular formula is C19H18ClN5O4S. The number of amides is 1. The third kappa shape index (κ3) is 5.49. The van der Waals surface area contributed by atoms with Crippen molar-refractivity contribution in [1.82, 2.24) is 14.8 Å². The number of thioether (sulfide) groups is 1. The quantitative estimate of drug-likeness (QED) is 0.315. The zero-order valence-electron chi connectivity index (χ0n) is 16.2. The minimum absolute atomic E-state index is 0.0315. The summed E-state index contributed by atoms with van der Waals surface area (Å²) >= 11 is 7.18. The Labute approximate surface area is 181 Å². The Morgan fingerprint density at radius 1 is 1.30 bits per heavy atom. The van der Waals surface area contributed by atoms with Crippen molar-refractivity contribution in [3.8, 4) is 5.75 Å². The van der Waals surface area contributed by atoms with E-state index in [0.29, 0.717) is 11.0 Å². The summed E-state index contributed by atoms with van der Waals surface area (Å²) in [4.78, 5) is 22.6. The van der Waals surface area contributed by atoms with Gasteiger partial charge in [-0.3, -0.25) is 14.9 Å². The lowest BCUT2D eigenvalue weighted by molar-refractivity contribution is -0.384. The average molecular weight is 448 g/mol. The lowest BCUT2D eigenvalue weighted by Crippen LogP contribution is -2.15. The van der Waals surface area contributed by atoms with Crippen molar-refractivity contribution in [1.29, 1.82) is 0 Å². The van der Waals surface area contributed by atoms with Crippen molar-refractivity contribution < 1.29 is 14.5 Å². The first-order valence-corrected chi connectivity index (χ1v) is 10.1. The Bertz CT molecular complexity index is 1090. The van der Waals surface area contributed by atoms with Gasteiger partial charge in [0.15, 0.2) is 11.0 Å². The van der Waals surface area contributed by atoms with E-state index in [1.165, 1.54) is 30.0 Å². The Morgan fingerprint density at radius 2 is 2.10 bits per heavy atom. The molecule has 1 aromatic heterocycles. The van der Waals surface area contributed by atoms with Gasteiger partial charge in [-0.2, -0.15) is 0 Å². The fourth-order valence-electron chi connectivity index (χ4n) is 2.49. The van der Waals surface area contributed by atoms with Crippen LogP contribution in [-0.2, 0) is 18.4 Å². The van der Waals surface area contributed by atoms with Crippen molar-refractivity contribution in [2.45, 2.75) is 18.7 Å². The summed E-state index contributed by atoms with van der Waals surface area (Å²) in [7, 11) is 1.78. The number of anilines is 1. The van der Waals surface area contributed by atoms with Gasteiger partial charge in [0.05, 0.1) is 21.4 Å². The average Bonchev–Trinajstić information content (AvgIpc) is 3.06. The number of carbonyl (C=O) groups is 1. The van der Waals surface area contributed by atoms with Crippen LogP contribution in [0.3, 0.4) is 0 Å². The van der Waals surface area contributed by atoms with Crippen LogP contribution < -0.4 is 10.1 Å². The summed E-state index contributed by atoms with van der Waals surface area (Å²) in [5.41, 5.74) is 1.12. The minimum Gasteiger partial charge on any atom is -0.486 e. The molecule has 0 aliphatic rings. The van der Waals surface area contributed by atoms with Gasteiger partial charge in [-0.25, -0.2) is 0 Å². The van der Waals surface area contributed by atoms with E-state index >= 15 is 0 Å². The van der Waals surface area contributed by atoms with Crippen LogP contribution in [0.25, 0.3) is 0 Å². The summed E-state index contributed by atoms with van der Waals surface area (Å²) in [6, 6.07) is 11.5. The predicted octanol–water partition coefficient (Wildman–Crippen LogP) is 3.99. The molecule has 0 saturated carbocycles. The fraction of sp³-hybridized carbons (Fsp3) is 0.211. The number of halogens is 1. The molecule has 0 spiro atoms. The highest BCUT2D eigenvalue weighted by molar-refractivity contribution is 7.99. The molecule has 0 aliphatic carbocycles. The first-order valence-electron chi connectivity index (χ1n) is 8.78. The second-order valence-corrected chi connectivity index (χ2v) is 7.67. The standard InChI is InChI=1S/C19H18ClN5O4S/c1-12-4-3-5-14(8-12)29-10-17-22-23-19(24(17)2)30-11-18(26)21-16-9-13(25(27)28)6-7-15(16)20/h3-9H,10-11H2,1-2H3,(H,21,26). The molecule has 2 aromatic carbocycles. The Hall–Kier alpha value is -3.11. The molecule has 3 aromatic rings. The summed E-state index contributed by atoms with van der Waals surface area (Å²) in [5, 5.41) is 22.4. The Morgan fingerprint density at radius 3 is 2.83 bits per heavy atom. The van der Waals surface area contributed by atoms with Crippen LogP contribution in [0.1, 0.15) is 11.4 Å². The number of nitro groups is 1. The molecular weight excluding hydrogens is 430 g/mol. The van der Waals surface area contributed by atoms with Crippen LogP contribution in [0.5, 0.6) is 5.75 Å². The number of benzene rings is 2. The molecule has 0 radical (unpaired) electrons. The second kappa shape index (κ2) is 9.59. The number of aryl methyl sites for hydroxylation is 1. The maximum absolute atomic E-state index is 12.2. The van der Waals surface area contributed by atoms with Gasteiger partial charge in [0.2, 0.25) is 5.91 Å². The van der Waals surface area contributed by atoms with Crippen LogP contribution in [0.2, 0.25) is 5.02 Å². The molecule has 156 valence electrons. The van der Waals surface area contributed by atoms with Crippen LogP contribution in [0, 0.1) is 17.0 Å². The largest absolute Gasteiger partial charge is 0.486 e. The lowest BCUT2D eigenvalue weighted by atomic mass is 10.2. The Kier molecular flexibility index (Phi) is 6.91. The van der Waals surface area contributed by atoms with E-state index in [9.17, 15) is 14.9 Å². The van der Waals surface area contributed by atoms with E-state index in [1.807, 2.05) is 31.2 Å². The normalized spacial score (nSPS) is 10.6. The molecule has 0 unspecified atom stereocenters. The zero-order chi connectivity index (χ0) is 21.7. The highest BCUT2D eigenvalue weighted by Gasteiger charge is 2.15. The molecule has 3 rings (SSSR count). The van der Waals surface area contributed by atoms with Crippen LogP contribution >= 0.6 is 23.4 Å². The third-order valence-corrected chi connectivity index (χ3v) is 5.40. The first-order chi connectivity index (χ1) is 14.3. The Balaban J connectivity index is 1.57. The van der Waals surface area contributed by atoms with Crippen molar-refractivity contribution in [2.24, 2.45) is 7.05 Å². The van der Waals surface area contributed by atoms with Gasteiger partial charge >= 0.3 is 0 Å². The van der Waals surface area contributed by atoms with Crippen molar-refractivity contribution in [3.05, 3.63) is 69.0 Å². The van der Waals surface area contributed by atoms with Crippen molar-refractivity contribution in [3.63, 3.8) is 0 Å². The van der Waals surface area contributed by atoms with Gasteiger partial charge in [0.1, 0.15) is 12.4 Å². The highest BCUT2D eigenvalue weighted by Crippen LogP contribution is 2.27. The molecule has 11 heteroatoms. The van der Waals surface area contributed by atoms with Gasteiger partial charge in [-0.15, -0.1) is 10.2 Å². The minimum atomic E-state index is -0.555. The van der Waals surface area contributed by atoms with Crippen molar-refractivity contribution >= 4 is 40.6 Å². The SMILES string of the molecule is Cc1cccc(OCc2nnc(SCC(=O)Nc3cc([N+](=O)[O-])ccc3Cl)n2C)c1. The summed E-state index contributed by atoms with van der Waals surface area (Å²) in [5.74, 6) is 1.01. The molecule has 9 nitrogen and oxygen atoms in total.